The van der Waals surface area contributed by atoms with Crippen molar-refractivity contribution in [2.75, 3.05) is 23.9 Å². The topological polar surface area (TPSA) is 83.2 Å². The molecule has 1 aromatic heterocycles. The highest BCUT2D eigenvalue weighted by Gasteiger charge is 1.94. The van der Waals surface area contributed by atoms with Gasteiger partial charge in [0.25, 0.3) is 0 Å². The van der Waals surface area contributed by atoms with Gasteiger partial charge >= 0.3 is 0 Å². The molecule has 5 heteroatoms. The van der Waals surface area contributed by atoms with Gasteiger partial charge in [0, 0.05) is 31.1 Å². The second-order valence-corrected chi connectivity index (χ2v) is 3.29. The number of hydrogen-bond acceptors (Lipinski definition) is 5. The molecule has 0 atom stereocenters. The van der Waals surface area contributed by atoms with Crippen LogP contribution in [-0.2, 0) is 0 Å². The molecule has 84 valence electrons. The van der Waals surface area contributed by atoms with Gasteiger partial charge in [0.05, 0.1) is 0 Å². The first-order valence-corrected chi connectivity index (χ1v) is 5.14. The molecule has 1 heterocycles. The van der Waals surface area contributed by atoms with Gasteiger partial charge in [0.1, 0.15) is 5.82 Å². The number of pyridine rings is 1. The first-order chi connectivity index (χ1) is 7.36. The van der Waals surface area contributed by atoms with Gasteiger partial charge in [-0.05, 0) is 25.3 Å². The maximum atomic E-state index is 8.60. The highest BCUT2D eigenvalue weighted by molar-refractivity contribution is 5.51. The lowest BCUT2D eigenvalue weighted by molar-refractivity contribution is 0.283. The van der Waals surface area contributed by atoms with Crippen molar-refractivity contribution in [2.45, 2.75) is 19.3 Å². The summed E-state index contributed by atoms with van der Waals surface area (Å²) in [7, 11) is 0. The molecule has 0 aliphatic carbocycles. The Morgan fingerprint density at radius 1 is 1.33 bits per heavy atom. The van der Waals surface area contributed by atoms with E-state index in [1.54, 1.807) is 6.20 Å². The van der Waals surface area contributed by atoms with Gasteiger partial charge in [0.15, 0.2) is 0 Å². The average molecular weight is 210 g/mol. The molecule has 1 aromatic rings. The van der Waals surface area contributed by atoms with Gasteiger partial charge in [-0.25, -0.2) is 10.8 Å². The number of aliphatic hydroxyl groups excluding tert-OH is 1. The Kier molecular flexibility index (Phi) is 5.50. The van der Waals surface area contributed by atoms with Gasteiger partial charge in [-0.3, -0.25) is 0 Å². The molecule has 15 heavy (non-hydrogen) atoms. The van der Waals surface area contributed by atoms with Crippen LogP contribution in [0.5, 0.6) is 0 Å². The molecule has 5 nitrogen and oxygen atoms in total. The Balaban J connectivity index is 2.24. The van der Waals surface area contributed by atoms with Crippen LogP contribution in [0.15, 0.2) is 18.3 Å². The van der Waals surface area contributed by atoms with E-state index in [0.29, 0.717) is 5.82 Å². The van der Waals surface area contributed by atoms with Crippen LogP contribution in [0.3, 0.4) is 0 Å². The highest BCUT2D eigenvalue weighted by atomic mass is 16.2. The highest BCUT2D eigenvalue weighted by Crippen LogP contribution is 2.10. The van der Waals surface area contributed by atoms with Gasteiger partial charge in [0.2, 0.25) is 0 Å². The predicted octanol–water partition coefficient (Wildman–Crippen LogP) is 0.942. The van der Waals surface area contributed by atoms with Crippen molar-refractivity contribution in [3.63, 3.8) is 0 Å². The lowest BCUT2D eigenvalue weighted by atomic mass is 10.2. The van der Waals surface area contributed by atoms with Crippen LogP contribution in [0.25, 0.3) is 0 Å². The Bertz CT molecular complexity index is 280. The van der Waals surface area contributed by atoms with Crippen molar-refractivity contribution < 1.29 is 5.11 Å². The van der Waals surface area contributed by atoms with E-state index in [0.717, 1.165) is 31.5 Å². The lowest BCUT2D eigenvalue weighted by Gasteiger charge is -2.07. The molecule has 0 unspecified atom stereocenters. The summed E-state index contributed by atoms with van der Waals surface area (Å²) in [5.74, 6) is 5.89. The molecule has 1 rings (SSSR count). The van der Waals surface area contributed by atoms with Crippen LogP contribution in [-0.4, -0.2) is 23.2 Å². The van der Waals surface area contributed by atoms with Crippen molar-refractivity contribution in [2.24, 2.45) is 5.84 Å². The minimum Gasteiger partial charge on any atom is -0.396 e. The number of aliphatic hydroxyl groups is 1. The average Bonchev–Trinajstić information content (AvgIpc) is 2.29. The molecule has 0 saturated carbocycles. The Morgan fingerprint density at radius 2 is 2.20 bits per heavy atom. The quantitative estimate of drug-likeness (QED) is 0.306. The van der Waals surface area contributed by atoms with Crippen LogP contribution in [0.4, 0.5) is 11.5 Å². The largest absolute Gasteiger partial charge is 0.396 e. The van der Waals surface area contributed by atoms with Crippen molar-refractivity contribution in [1.82, 2.24) is 4.98 Å². The Hall–Kier alpha value is -1.33. The van der Waals surface area contributed by atoms with Crippen molar-refractivity contribution in [3.05, 3.63) is 18.3 Å². The zero-order chi connectivity index (χ0) is 10.9. The number of rotatable bonds is 7. The third kappa shape index (κ3) is 4.62. The van der Waals surface area contributed by atoms with E-state index in [4.69, 9.17) is 10.9 Å². The fourth-order valence-corrected chi connectivity index (χ4v) is 1.27. The van der Waals surface area contributed by atoms with E-state index in [-0.39, 0.29) is 6.61 Å². The second kappa shape index (κ2) is 7.03. The predicted molar refractivity (Wildman–Crippen MR) is 61.5 cm³/mol. The van der Waals surface area contributed by atoms with E-state index in [9.17, 15) is 0 Å². The number of nitrogen functional groups attached to an aromatic ring is 1. The summed E-state index contributed by atoms with van der Waals surface area (Å²) < 4.78 is 0. The molecule has 0 aliphatic heterocycles. The minimum absolute atomic E-state index is 0.274. The minimum atomic E-state index is 0.274. The molecule has 0 radical (unpaired) electrons. The summed E-state index contributed by atoms with van der Waals surface area (Å²) in [4.78, 5) is 4.01. The first kappa shape index (κ1) is 11.7. The molecule has 0 saturated heterocycles. The SMILES string of the molecule is NNc1cc(NCCCCCO)ccn1. The zero-order valence-electron chi connectivity index (χ0n) is 8.74. The summed E-state index contributed by atoms with van der Waals surface area (Å²) in [5.41, 5.74) is 3.50. The maximum Gasteiger partial charge on any atom is 0.141 e. The smallest absolute Gasteiger partial charge is 0.141 e. The van der Waals surface area contributed by atoms with Crippen molar-refractivity contribution in [1.29, 1.82) is 0 Å². The normalized spacial score (nSPS) is 10.0. The molecule has 0 fully saturated rings. The van der Waals surface area contributed by atoms with E-state index in [1.807, 2.05) is 12.1 Å². The van der Waals surface area contributed by atoms with Crippen LogP contribution >= 0.6 is 0 Å². The van der Waals surface area contributed by atoms with Gasteiger partial charge in [-0.15, -0.1) is 0 Å². The molecule has 0 amide bonds. The van der Waals surface area contributed by atoms with Crippen molar-refractivity contribution in [3.8, 4) is 0 Å². The number of nitrogens with zero attached hydrogens (tertiary/aromatic N) is 1. The monoisotopic (exact) mass is 210 g/mol. The van der Waals surface area contributed by atoms with E-state index in [2.05, 4.69) is 15.7 Å². The molecular weight excluding hydrogens is 192 g/mol. The van der Waals surface area contributed by atoms with Gasteiger partial charge in [-0.2, -0.15) is 0 Å². The third-order valence-corrected chi connectivity index (χ3v) is 2.07. The second-order valence-electron chi connectivity index (χ2n) is 3.29. The van der Waals surface area contributed by atoms with Crippen molar-refractivity contribution >= 4 is 11.5 Å². The zero-order valence-corrected chi connectivity index (χ0v) is 8.74. The molecule has 0 spiro atoms. The van der Waals surface area contributed by atoms with E-state index >= 15 is 0 Å². The Labute approximate surface area is 89.7 Å². The van der Waals surface area contributed by atoms with Crippen LogP contribution in [0.2, 0.25) is 0 Å². The molecule has 0 aliphatic rings. The number of unbranched alkanes of at least 4 members (excludes halogenated alkanes) is 2. The van der Waals surface area contributed by atoms with Gasteiger partial charge < -0.3 is 15.8 Å². The van der Waals surface area contributed by atoms with E-state index in [1.165, 1.54) is 0 Å². The fraction of sp³-hybridized carbons (Fsp3) is 0.500. The lowest BCUT2D eigenvalue weighted by Crippen LogP contribution is -2.09. The number of anilines is 2. The molecule has 0 bridgehead atoms. The first-order valence-electron chi connectivity index (χ1n) is 5.14. The van der Waals surface area contributed by atoms with Crippen LogP contribution in [0, 0.1) is 0 Å². The van der Waals surface area contributed by atoms with E-state index < -0.39 is 0 Å². The summed E-state index contributed by atoms with van der Waals surface area (Å²) in [5, 5.41) is 11.9. The summed E-state index contributed by atoms with van der Waals surface area (Å²) in [6, 6.07) is 3.75. The summed E-state index contributed by atoms with van der Waals surface area (Å²) in [6.07, 6.45) is 4.66. The summed E-state index contributed by atoms with van der Waals surface area (Å²) in [6.45, 7) is 1.17. The molecular formula is C10H18N4O. The van der Waals surface area contributed by atoms with Crippen LogP contribution in [0.1, 0.15) is 19.3 Å². The fourth-order valence-electron chi connectivity index (χ4n) is 1.27. The maximum absolute atomic E-state index is 8.60. The number of nitrogens with one attached hydrogen (secondary N) is 2. The molecule has 5 N–H and O–H groups in total. The Morgan fingerprint density at radius 3 is 2.93 bits per heavy atom. The summed E-state index contributed by atoms with van der Waals surface area (Å²) >= 11 is 0. The van der Waals surface area contributed by atoms with Crippen LogP contribution < -0.4 is 16.6 Å². The third-order valence-electron chi connectivity index (χ3n) is 2.07. The molecule has 0 aromatic carbocycles. The standard InChI is InChI=1S/C10H18N4O/c11-14-10-8-9(4-6-13-10)12-5-2-1-3-7-15/h4,6,8,15H,1-3,5,7,11H2,(H2,12,13,14). The number of hydrazine groups is 1. The number of aromatic nitrogens is 1. The van der Waals surface area contributed by atoms with Gasteiger partial charge in [-0.1, -0.05) is 0 Å². The number of nitrogens with two attached hydrogens (primary N) is 1. The number of hydrogen-bond donors (Lipinski definition) is 4.